The lowest BCUT2D eigenvalue weighted by molar-refractivity contribution is -0.124. The summed E-state index contributed by atoms with van der Waals surface area (Å²) in [5, 5.41) is 2.90. The van der Waals surface area contributed by atoms with E-state index < -0.39 is 0 Å². The van der Waals surface area contributed by atoms with Gasteiger partial charge < -0.3 is 16.0 Å². The zero-order chi connectivity index (χ0) is 12.8. The number of likely N-dealkylation sites (tertiary alicyclic amines) is 1. The molecule has 0 aromatic carbocycles. The van der Waals surface area contributed by atoms with Gasteiger partial charge in [-0.3, -0.25) is 4.79 Å². The number of carbonyl (C=O) groups is 1. The fraction of sp³-hybridized carbons (Fsp3) is 0.923. The van der Waals surface area contributed by atoms with Crippen molar-refractivity contribution in [3.63, 3.8) is 0 Å². The summed E-state index contributed by atoms with van der Waals surface area (Å²) >= 11 is 0. The van der Waals surface area contributed by atoms with Gasteiger partial charge in [0.05, 0.1) is 6.04 Å². The Bertz CT molecular complexity index is 235. The first-order valence-electron chi connectivity index (χ1n) is 6.83. The van der Waals surface area contributed by atoms with Crippen LogP contribution in [0.25, 0.3) is 0 Å². The van der Waals surface area contributed by atoms with Crippen molar-refractivity contribution in [1.29, 1.82) is 0 Å². The molecular weight excluding hydrogens is 214 g/mol. The van der Waals surface area contributed by atoms with E-state index >= 15 is 0 Å². The molecule has 3 N–H and O–H groups in total. The SMILES string of the molecule is CCCN1CCC(C(N)C(=O)NC(C)C)CC1. The predicted octanol–water partition coefficient (Wildman–Crippen LogP) is 0.960. The van der Waals surface area contributed by atoms with Crippen LogP contribution in [0, 0.1) is 5.92 Å². The van der Waals surface area contributed by atoms with Crippen molar-refractivity contribution in [2.75, 3.05) is 19.6 Å². The van der Waals surface area contributed by atoms with Crippen LogP contribution >= 0.6 is 0 Å². The van der Waals surface area contributed by atoms with Crippen LogP contribution in [0.4, 0.5) is 0 Å². The van der Waals surface area contributed by atoms with Crippen molar-refractivity contribution in [3.05, 3.63) is 0 Å². The van der Waals surface area contributed by atoms with Crippen molar-refractivity contribution in [3.8, 4) is 0 Å². The minimum absolute atomic E-state index is 0.00828. The average Bonchev–Trinajstić information content (AvgIpc) is 2.28. The lowest BCUT2D eigenvalue weighted by atomic mass is 9.89. The number of rotatable bonds is 5. The molecular formula is C13H27N3O. The second-order valence-electron chi connectivity index (χ2n) is 5.37. The highest BCUT2D eigenvalue weighted by molar-refractivity contribution is 5.82. The van der Waals surface area contributed by atoms with E-state index in [0.29, 0.717) is 5.92 Å². The Hall–Kier alpha value is -0.610. The van der Waals surface area contributed by atoms with Crippen LogP contribution in [-0.4, -0.2) is 42.5 Å². The zero-order valence-corrected chi connectivity index (χ0v) is 11.4. The monoisotopic (exact) mass is 241 g/mol. The molecule has 100 valence electrons. The average molecular weight is 241 g/mol. The van der Waals surface area contributed by atoms with Gasteiger partial charge in [-0.2, -0.15) is 0 Å². The number of piperidine rings is 1. The number of hydrogen-bond acceptors (Lipinski definition) is 3. The summed E-state index contributed by atoms with van der Waals surface area (Å²) in [6.07, 6.45) is 3.30. The summed E-state index contributed by atoms with van der Waals surface area (Å²) in [7, 11) is 0. The quantitative estimate of drug-likeness (QED) is 0.754. The molecule has 0 aromatic heterocycles. The molecule has 1 rings (SSSR count). The maximum atomic E-state index is 11.8. The molecule has 0 aliphatic carbocycles. The number of nitrogens with one attached hydrogen (secondary N) is 1. The summed E-state index contributed by atoms with van der Waals surface area (Å²) < 4.78 is 0. The van der Waals surface area contributed by atoms with Gasteiger partial charge in [-0.05, 0) is 58.7 Å². The molecule has 0 aromatic rings. The van der Waals surface area contributed by atoms with Gasteiger partial charge in [-0.1, -0.05) is 6.92 Å². The molecule has 4 heteroatoms. The maximum absolute atomic E-state index is 11.8. The molecule has 1 fully saturated rings. The summed E-state index contributed by atoms with van der Waals surface area (Å²) in [5.74, 6) is 0.357. The van der Waals surface area contributed by atoms with E-state index in [9.17, 15) is 4.79 Å². The van der Waals surface area contributed by atoms with Crippen molar-refractivity contribution in [2.24, 2.45) is 11.7 Å². The van der Waals surface area contributed by atoms with Crippen LogP contribution in [0.2, 0.25) is 0 Å². The van der Waals surface area contributed by atoms with Crippen molar-refractivity contribution >= 4 is 5.91 Å². The van der Waals surface area contributed by atoms with E-state index in [4.69, 9.17) is 5.73 Å². The molecule has 1 atom stereocenters. The molecule has 4 nitrogen and oxygen atoms in total. The molecule has 1 unspecified atom stereocenters. The van der Waals surface area contributed by atoms with Gasteiger partial charge in [0.1, 0.15) is 0 Å². The Morgan fingerprint density at radius 2 is 2.00 bits per heavy atom. The molecule has 1 saturated heterocycles. The molecule has 1 aliphatic heterocycles. The van der Waals surface area contributed by atoms with Crippen LogP contribution in [0.1, 0.15) is 40.0 Å². The Balaban J connectivity index is 2.35. The summed E-state index contributed by atoms with van der Waals surface area (Å²) in [4.78, 5) is 14.3. The van der Waals surface area contributed by atoms with Crippen LogP contribution in [-0.2, 0) is 4.79 Å². The van der Waals surface area contributed by atoms with Gasteiger partial charge in [0.15, 0.2) is 0 Å². The number of amides is 1. The second-order valence-corrected chi connectivity index (χ2v) is 5.37. The Kier molecular flexibility index (Phi) is 5.92. The summed E-state index contributed by atoms with van der Waals surface area (Å²) in [5.41, 5.74) is 6.03. The molecule has 0 spiro atoms. The summed E-state index contributed by atoms with van der Waals surface area (Å²) in [6, 6.07) is -0.157. The van der Waals surface area contributed by atoms with Gasteiger partial charge in [0.25, 0.3) is 0 Å². The molecule has 0 saturated carbocycles. The van der Waals surface area contributed by atoms with Gasteiger partial charge >= 0.3 is 0 Å². The number of nitrogens with zero attached hydrogens (tertiary/aromatic N) is 1. The lowest BCUT2D eigenvalue weighted by Crippen LogP contribution is -2.50. The topological polar surface area (TPSA) is 58.4 Å². The van der Waals surface area contributed by atoms with Crippen molar-refractivity contribution in [2.45, 2.75) is 52.1 Å². The maximum Gasteiger partial charge on any atom is 0.237 e. The third kappa shape index (κ3) is 4.64. The second kappa shape index (κ2) is 6.97. The number of hydrogen-bond donors (Lipinski definition) is 2. The Morgan fingerprint density at radius 1 is 1.41 bits per heavy atom. The number of nitrogens with two attached hydrogens (primary N) is 1. The molecule has 0 radical (unpaired) electrons. The lowest BCUT2D eigenvalue weighted by Gasteiger charge is -2.34. The Labute approximate surface area is 105 Å². The van der Waals surface area contributed by atoms with Crippen LogP contribution in [0.15, 0.2) is 0 Å². The van der Waals surface area contributed by atoms with Crippen molar-refractivity contribution < 1.29 is 4.79 Å². The van der Waals surface area contributed by atoms with Gasteiger partial charge in [0.2, 0.25) is 5.91 Å². The van der Waals surface area contributed by atoms with E-state index in [0.717, 1.165) is 25.9 Å². The highest BCUT2D eigenvalue weighted by Gasteiger charge is 2.28. The fourth-order valence-electron chi connectivity index (χ4n) is 2.45. The van der Waals surface area contributed by atoms with E-state index in [1.54, 1.807) is 0 Å². The molecule has 17 heavy (non-hydrogen) atoms. The predicted molar refractivity (Wildman–Crippen MR) is 70.7 cm³/mol. The highest BCUT2D eigenvalue weighted by Crippen LogP contribution is 2.20. The molecule has 0 bridgehead atoms. The largest absolute Gasteiger partial charge is 0.353 e. The first-order valence-corrected chi connectivity index (χ1v) is 6.83. The van der Waals surface area contributed by atoms with E-state index in [1.807, 2.05) is 13.8 Å². The Morgan fingerprint density at radius 3 is 2.47 bits per heavy atom. The molecule has 1 aliphatic rings. The fourth-order valence-corrected chi connectivity index (χ4v) is 2.45. The van der Waals surface area contributed by atoms with Crippen molar-refractivity contribution in [1.82, 2.24) is 10.2 Å². The minimum Gasteiger partial charge on any atom is -0.353 e. The highest BCUT2D eigenvalue weighted by atomic mass is 16.2. The summed E-state index contributed by atoms with van der Waals surface area (Å²) in [6.45, 7) is 9.47. The minimum atomic E-state index is -0.332. The molecule has 1 heterocycles. The van der Waals surface area contributed by atoms with Crippen LogP contribution in [0.5, 0.6) is 0 Å². The zero-order valence-electron chi connectivity index (χ0n) is 11.4. The van der Waals surface area contributed by atoms with Crippen LogP contribution < -0.4 is 11.1 Å². The van der Waals surface area contributed by atoms with E-state index in [1.165, 1.54) is 13.0 Å². The van der Waals surface area contributed by atoms with Crippen LogP contribution in [0.3, 0.4) is 0 Å². The van der Waals surface area contributed by atoms with Gasteiger partial charge in [-0.15, -0.1) is 0 Å². The standard InChI is InChI=1S/C13H27N3O/c1-4-7-16-8-5-11(6-9-16)12(14)13(17)15-10(2)3/h10-12H,4-9,14H2,1-3H3,(H,15,17). The third-order valence-corrected chi connectivity index (χ3v) is 3.41. The van der Waals surface area contributed by atoms with Gasteiger partial charge in [-0.25, -0.2) is 0 Å². The smallest absolute Gasteiger partial charge is 0.237 e. The van der Waals surface area contributed by atoms with Gasteiger partial charge in [0, 0.05) is 6.04 Å². The van der Waals surface area contributed by atoms with E-state index in [-0.39, 0.29) is 18.0 Å². The molecule has 1 amide bonds. The third-order valence-electron chi connectivity index (χ3n) is 3.41. The normalized spacial score (nSPS) is 20.5. The number of carbonyl (C=O) groups excluding carboxylic acids is 1. The van der Waals surface area contributed by atoms with E-state index in [2.05, 4.69) is 17.1 Å². The first kappa shape index (κ1) is 14.5. The first-order chi connectivity index (χ1) is 8.04.